The molecule has 0 bridgehead atoms. The molecule has 0 aliphatic carbocycles. The lowest BCUT2D eigenvalue weighted by Gasteiger charge is -2.10. The van der Waals surface area contributed by atoms with Crippen LogP contribution in [0.3, 0.4) is 0 Å². The molecule has 0 amide bonds. The molecule has 2 rings (SSSR count). The summed E-state index contributed by atoms with van der Waals surface area (Å²) >= 11 is 0. The first-order chi connectivity index (χ1) is 9.58. The van der Waals surface area contributed by atoms with Gasteiger partial charge in [-0.05, 0) is 12.0 Å². The molecule has 1 N–H and O–H groups in total. The van der Waals surface area contributed by atoms with Crippen molar-refractivity contribution >= 4 is 5.97 Å². The van der Waals surface area contributed by atoms with Gasteiger partial charge in [0.15, 0.2) is 11.6 Å². The van der Waals surface area contributed by atoms with Crippen LogP contribution in [0, 0.1) is 5.92 Å². The maximum absolute atomic E-state index is 11.1. The number of nitrogens with zero attached hydrogens (tertiary/aromatic N) is 4. The van der Waals surface area contributed by atoms with Gasteiger partial charge in [-0.3, -0.25) is 4.98 Å². The van der Waals surface area contributed by atoms with E-state index in [2.05, 4.69) is 28.9 Å². The SMILES string of the molecule is CC(C)Cn1ncnc1COc1cnccc1C(=O)O. The van der Waals surface area contributed by atoms with Crippen LogP contribution in [-0.2, 0) is 13.2 Å². The maximum atomic E-state index is 11.1. The van der Waals surface area contributed by atoms with E-state index in [4.69, 9.17) is 9.84 Å². The predicted molar refractivity (Wildman–Crippen MR) is 70.4 cm³/mol. The number of carboxylic acid groups (broad SMARTS) is 1. The van der Waals surface area contributed by atoms with Crippen molar-refractivity contribution in [2.45, 2.75) is 27.0 Å². The highest BCUT2D eigenvalue weighted by atomic mass is 16.5. The standard InChI is InChI=1S/C13H16N4O3/c1-9(2)6-17-12(15-8-16-17)7-20-11-5-14-4-3-10(11)13(18)19/h3-5,8-9H,6-7H2,1-2H3,(H,18,19). The average molecular weight is 276 g/mol. The number of aromatic carboxylic acids is 1. The van der Waals surface area contributed by atoms with E-state index >= 15 is 0 Å². The molecule has 2 aromatic rings. The number of hydrogen-bond acceptors (Lipinski definition) is 5. The molecular weight excluding hydrogens is 260 g/mol. The first-order valence-electron chi connectivity index (χ1n) is 6.24. The van der Waals surface area contributed by atoms with Crippen LogP contribution in [0.25, 0.3) is 0 Å². The number of ether oxygens (including phenoxy) is 1. The van der Waals surface area contributed by atoms with E-state index in [1.165, 1.54) is 24.8 Å². The van der Waals surface area contributed by atoms with Crippen molar-refractivity contribution in [1.29, 1.82) is 0 Å². The van der Waals surface area contributed by atoms with Gasteiger partial charge in [-0.1, -0.05) is 13.8 Å². The molecule has 0 atom stereocenters. The van der Waals surface area contributed by atoms with E-state index < -0.39 is 5.97 Å². The summed E-state index contributed by atoms with van der Waals surface area (Å²) in [5.74, 6) is 0.257. The molecule has 0 fully saturated rings. The van der Waals surface area contributed by atoms with Crippen LogP contribution in [0.1, 0.15) is 30.0 Å². The number of pyridine rings is 1. The van der Waals surface area contributed by atoms with E-state index in [0.29, 0.717) is 11.7 Å². The molecule has 106 valence electrons. The molecule has 0 saturated heterocycles. The van der Waals surface area contributed by atoms with Crippen LogP contribution >= 0.6 is 0 Å². The average Bonchev–Trinajstić information content (AvgIpc) is 2.83. The molecule has 0 spiro atoms. The van der Waals surface area contributed by atoms with E-state index in [1.807, 2.05) is 0 Å². The van der Waals surface area contributed by atoms with Gasteiger partial charge < -0.3 is 9.84 Å². The molecule has 0 aliphatic rings. The summed E-state index contributed by atoms with van der Waals surface area (Å²) in [5.41, 5.74) is 0.0786. The predicted octanol–water partition coefficient (Wildman–Crippen LogP) is 1.61. The number of carbonyl (C=O) groups is 1. The largest absolute Gasteiger partial charge is 0.483 e. The second-order valence-electron chi connectivity index (χ2n) is 4.72. The van der Waals surface area contributed by atoms with Crippen molar-refractivity contribution in [2.75, 3.05) is 0 Å². The van der Waals surface area contributed by atoms with Crippen LogP contribution in [0.5, 0.6) is 5.75 Å². The van der Waals surface area contributed by atoms with E-state index in [0.717, 1.165) is 6.54 Å². The minimum Gasteiger partial charge on any atom is -0.483 e. The first kappa shape index (κ1) is 14.0. The van der Waals surface area contributed by atoms with Gasteiger partial charge >= 0.3 is 5.97 Å². The Labute approximate surface area is 116 Å². The molecule has 2 aromatic heterocycles. The Bertz CT molecular complexity index is 595. The highest BCUT2D eigenvalue weighted by molar-refractivity contribution is 5.90. The molecule has 0 aliphatic heterocycles. The van der Waals surface area contributed by atoms with Crippen molar-refractivity contribution in [1.82, 2.24) is 19.7 Å². The van der Waals surface area contributed by atoms with Crippen molar-refractivity contribution < 1.29 is 14.6 Å². The van der Waals surface area contributed by atoms with Crippen LogP contribution in [-0.4, -0.2) is 30.8 Å². The smallest absolute Gasteiger partial charge is 0.339 e. The third kappa shape index (κ3) is 3.31. The third-order valence-electron chi connectivity index (χ3n) is 2.61. The van der Waals surface area contributed by atoms with Gasteiger partial charge in [-0.15, -0.1) is 0 Å². The van der Waals surface area contributed by atoms with Gasteiger partial charge in [0.05, 0.1) is 6.20 Å². The Balaban J connectivity index is 2.10. The summed E-state index contributed by atoms with van der Waals surface area (Å²) in [6.45, 7) is 5.04. The van der Waals surface area contributed by atoms with Crippen LogP contribution < -0.4 is 4.74 Å². The molecule has 7 heteroatoms. The fourth-order valence-electron chi connectivity index (χ4n) is 1.71. The van der Waals surface area contributed by atoms with Gasteiger partial charge in [0, 0.05) is 12.7 Å². The van der Waals surface area contributed by atoms with Gasteiger partial charge in [-0.25, -0.2) is 14.5 Å². The first-order valence-corrected chi connectivity index (χ1v) is 6.24. The summed E-state index contributed by atoms with van der Waals surface area (Å²) in [7, 11) is 0. The Morgan fingerprint density at radius 3 is 3.00 bits per heavy atom. The Hall–Kier alpha value is -2.44. The van der Waals surface area contributed by atoms with Crippen molar-refractivity contribution in [2.24, 2.45) is 5.92 Å². The number of rotatable bonds is 6. The number of hydrogen-bond donors (Lipinski definition) is 1. The molecule has 20 heavy (non-hydrogen) atoms. The summed E-state index contributed by atoms with van der Waals surface area (Å²) in [6.07, 6.45) is 4.26. The molecule has 0 saturated carbocycles. The normalized spacial score (nSPS) is 10.8. The van der Waals surface area contributed by atoms with Crippen LogP contribution in [0.2, 0.25) is 0 Å². The minimum absolute atomic E-state index is 0.0786. The zero-order valence-corrected chi connectivity index (χ0v) is 11.4. The highest BCUT2D eigenvalue weighted by Crippen LogP contribution is 2.17. The fourth-order valence-corrected chi connectivity index (χ4v) is 1.71. The van der Waals surface area contributed by atoms with Gasteiger partial charge in [0.1, 0.15) is 18.5 Å². The topological polar surface area (TPSA) is 90.1 Å². The van der Waals surface area contributed by atoms with Gasteiger partial charge in [-0.2, -0.15) is 5.10 Å². The number of aromatic nitrogens is 4. The molecule has 0 unspecified atom stereocenters. The van der Waals surface area contributed by atoms with E-state index in [9.17, 15) is 4.79 Å². The number of carboxylic acids is 1. The summed E-state index contributed by atoms with van der Waals surface area (Å²) in [4.78, 5) is 19.0. The Morgan fingerprint density at radius 1 is 1.50 bits per heavy atom. The lowest BCUT2D eigenvalue weighted by molar-refractivity contribution is 0.0691. The van der Waals surface area contributed by atoms with Gasteiger partial charge in [0.25, 0.3) is 0 Å². The molecule has 0 aromatic carbocycles. The quantitative estimate of drug-likeness (QED) is 0.862. The van der Waals surface area contributed by atoms with Crippen LogP contribution in [0.4, 0.5) is 0 Å². The maximum Gasteiger partial charge on any atom is 0.339 e. The molecule has 2 heterocycles. The lowest BCUT2D eigenvalue weighted by atomic mass is 10.2. The zero-order chi connectivity index (χ0) is 14.5. The second-order valence-corrected chi connectivity index (χ2v) is 4.72. The third-order valence-corrected chi connectivity index (χ3v) is 2.61. The Morgan fingerprint density at radius 2 is 2.30 bits per heavy atom. The summed E-state index contributed by atoms with van der Waals surface area (Å²) in [6, 6.07) is 1.40. The van der Waals surface area contributed by atoms with Crippen molar-refractivity contribution in [3.05, 3.63) is 36.2 Å². The zero-order valence-electron chi connectivity index (χ0n) is 11.4. The van der Waals surface area contributed by atoms with Gasteiger partial charge in [0.2, 0.25) is 0 Å². The lowest BCUT2D eigenvalue weighted by Crippen LogP contribution is -2.13. The molecule has 0 radical (unpaired) electrons. The molecule has 7 nitrogen and oxygen atoms in total. The minimum atomic E-state index is -1.05. The van der Waals surface area contributed by atoms with Crippen LogP contribution in [0.15, 0.2) is 24.8 Å². The second kappa shape index (κ2) is 6.14. The van der Waals surface area contributed by atoms with E-state index in [-0.39, 0.29) is 17.9 Å². The fraction of sp³-hybridized carbons (Fsp3) is 0.385. The van der Waals surface area contributed by atoms with Crippen molar-refractivity contribution in [3.8, 4) is 5.75 Å². The Kier molecular flexibility index (Phi) is 4.29. The van der Waals surface area contributed by atoms with E-state index in [1.54, 1.807) is 4.68 Å². The summed E-state index contributed by atoms with van der Waals surface area (Å²) < 4.78 is 7.25. The monoisotopic (exact) mass is 276 g/mol. The molecular formula is C13H16N4O3. The van der Waals surface area contributed by atoms with Crippen molar-refractivity contribution in [3.63, 3.8) is 0 Å². The summed E-state index contributed by atoms with van der Waals surface area (Å²) in [5, 5.41) is 13.2. The highest BCUT2D eigenvalue weighted by Gasteiger charge is 2.13.